The molecular weight excluding hydrogens is 531 g/mol. The minimum atomic E-state index is -0.888. The van der Waals surface area contributed by atoms with Crippen molar-refractivity contribution < 1.29 is 13.9 Å². The number of hydrogen-bond acceptors (Lipinski definition) is 7. The van der Waals surface area contributed by atoms with Gasteiger partial charge in [-0.2, -0.15) is 4.99 Å². The summed E-state index contributed by atoms with van der Waals surface area (Å²) in [5.74, 6) is 0.828. The summed E-state index contributed by atoms with van der Waals surface area (Å²) in [6.45, 7) is 7.29. The quantitative estimate of drug-likeness (QED) is 0.518. The first-order chi connectivity index (χ1) is 20.5. The van der Waals surface area contributed by atoms with Crippen molar-refractivity contribution in [1.82, 2.24) is 14.7 Å². The molecule has 1 aromatic carbocycles. The van der Waals surface area contributed by atoms with Crippen LogP contribution in [-0.4, -0.2) is 94.8 Å². The average Bonchev–Trinajstić information content (AvgIpc) is 3.27. The van der Waals surface area contributed by atoms with Gasteiger partial charge in [-0.25, -0.2) is 9.38 Å². The Bertz CT molecular complexity index is 1500. The molecular formula is C33H37FN6O2. The van der Waals surface area contributed by atoms with E-state index in [2.05, 4.69) is 46.7 Å². The zero-order chi connectivity index (χ0) is 28.2. The van der Waals surface area contributed by atoms with Crippen molar-refractivity contribution in [2.24, 2.45) is 26.8 Å². The van der Waals surface area contributed by atoms with Gasteiger partial charge < -0.3 is 14.5 Å². The standard InChI is InChI=1S/C33H37FN6O2/c1-19(34)31(41)39-14-9-26-27(39)17-40(26)30-23-7-8-25(22-6-2-5-20-15-21-16-24(21)28(20)22)35-29(23)36-32(37-30)42-18-33-10-3-12-38(33)13-4-11-33/h2,5-8,21,23-24,26-27,29H,1,3-4,9-18H2/t21?,23?,24?,26-,27-,29?/m1/s1. The molecule has 5 fully saturated rings. The van der Waals surface area contributed by atoms with Gasteiger partial charge in [-0.1, -0.05) is 30.9 Å². The van der Waals surface area contributed by atoms with E-state index in [4.69, 9.17) is 19.7 Å². The maximum Gasteiger partial charge on any atom is 0.315 e. The van der Waals surface area contributed by atoms with E-state index in [0.717, 1.165) is 49.8 Å². The third-order valence-corrected chi connectivity index (χ3v) is 11.4. The molecule has 6 aliphatic heterocycles. The molecule has 4 unspecified atom stereocenters. The van der Waals surface area contributed by atoms with Gasteiger partial charge in [-0.3, -0.25) is 14.7 Å². The Kier molecular flexibility index (Phi) is 5.45. The summed E-state index contributed by atoms with van der Waals surface area (Å²) in [5, 5.41) is 0. The van der Waals surface area contributed by atoms with Gasteiger partial charge in [0.25, 0.3) is 5.91 Å². The maximum absolute atomic E-state index is 13.7. The molecule has 8 nitrogen and oxygen atoms in total. The van der Waals surface area contributed by atoms with Crippen LogP contribution in [0.3, 0.4) is 0 Å². The number of amides is 1. The van der Waals surface area contributed by atoms with Crippen LogP contribution < -0.4 is 0 Å². The number of dihydropyridines is 1. The van der Waals surface area contributed by atoms with Crippen LogP contribution in [0.2, 0.25) is 0 Å². The molecule has 0 radical (unpaired) electrons. The van der Waals surface area contributed by atoms with Crippen LogP contribution in [0.4, 0.5) is 4.39 Å². The van der Waals surface area contributed by atoms with Crippen LogP contribution in [0, 0.1) is 11.8 Å². The highest BCUT2D eigenvalue weighted by molar-refractivity contribution is 6.12. The molecule has 9 heteroatoms. The lowest BCUT2D eigenvalue weighted by molar-refractivity contribution is -0.131. The molecule has 1 amide bonds. The van der Waals surface area contributed by atoms with Crippen molar-refractivity contribution in [2.45, 2.75) is 74.7 Å². The normalized spacial score (nSPS) is 34.8. The Morgan fingerprint density at radius 2 is 2.00 bits per heavy atom. The first-order valence-corrected chi connectivity index (χ1v) is 15.8. The van der Waals surface area contributed by atoms with Crippen LogP contribution in [0.25, 0.3) is 0 Å². The second-order valence-electron chi connectivity index (χ2n) is 13.6. The minimum Gasteiger partial charge on any atom is -0.462 e. The molecule has 0 bridgehead atoms. The fraction of sp³-hybridized carbons (Fsp3) is 0.576. The van der Waals surface area contributed by atoms with E-state index in [-0.39, 0.29) is 29.7 Å². The summed E-state index contributed by atoms with van der Waals surface area (Å²) in [6, 6.07) is 7.17. The summed E-state index contributed by atoms with van der Waals surface area (Å²) in [4.78, 5) is 34.2. The number of allylic oxidation sites excluding steroid dienone is 1. The van der Waals surface area contributed by atoms with E-state index < -0.39 is 11.7 Å². The number of likely N-dealkylation sites (tertiary alicyclic amines) is 2. The van der Waals surface area contributed by atoms with Crippen molar-refractivity contribution in [3.05, 3.63) is 59.4 Å². The van der Waals surface area contributed by atoms with E-state index in [1.165, 1.54) is 42.4 Å². The summed E-state index contributed by atoms with van der Waals surface area (Å²) < 4.78 is 20.2. The highest BCUT2D eigenvalue weighted by Gasteiger charge is 2.53. The Morgan fingerprint density at radius 1 is 1.14 bits per heavy atom. The zero-order valence-corrected chi connectivity index (χ0v) is 23.9. The van der Waals surface area contributed by atoms with E-state index in [1.54, 1.807) is 4.90 Å². The number of carbonyl (C=O) groups is 1. The predicted octanol–water partition coefficient (Wildman–Crippen LogP) is 3.83. The highest BCUT2D eigenvalue weighted by Crippen LogP contribution is 2.57. The number of benzene rings is 1. The first kappa shape index (κ1) is 25.2. The molecule has 8 aliphatic rings. The lowest BCUT2D eigenvalue weighted by Gasteiger charge is -2.50. The second kappa shape index (κ2) is 9.09. The SMILES string of the molecule is C=C(F)C(=O)N1CC[C@@H]2[C@H]1CN2C1=NC(OCC23CCCN2CCC3)=NC2N=C(c3cccc4c3C3CC3C4)C=CC12. The number of aliphatic imine (C=N–C) groups is 3. The molecule has 1 aromatic rings. The lowest BCUT2D eigenvalue weighted by atomic mass is 9.89. The van der Waals surface area contributed by atoms with Crippen LogP contribution in [0.15, 0.2) is 57.7 Å². The minimum absolute atomic E-state index is 0.0242. The average molecular weight is 569 g/mol. The molecule has 9 rings (SSSR count). The number of nitrogens with zero attached hydrogens (tertiary/aromatic N) is 6. The molecule has 218 valence electrons. The third-order valence-electron chi connectivity index (χ3n) is 11.4. The van der Waals surface area contributed by atoms with Crippen molar-refractivity contribution in [3.63, 3.8) is 0 Å². The largest absolute Gasteiger partial charge is 0.462 e. The molecule has 6 heterocycles. The molecule has 2 aliphatic carbocycles. The van der Waals surface area contributed by atoms with Gasteiger partial charge in [0.15, 0.2) is 12.0 Å². The van der Waals surface area contributed by atoms with Crippen LogP contribution in [0.1, 0.15) is 61.1 Å². The Balaban J connectivity index is 1.02. The van der Waals surface area contributed by atoms with Crippen LogP contribution in [0.5, 0.6) is 0 Å². The Labute approximate surface area is 245 Å². The smallest absolute Gasteiger partial charge is 0.315 e. The Morgan fingerprint density at radius 3 is 2.83 bits per heavy atom. The van der Waals surface area contributed by atoms with Crippen LogP contribution >= 0.6 is 0 Å². The summed E-state index contributed by atoms with van der Waals surface area (Å²) in [6.07, 6.45) is 12.1. The maximum atomic E-state index is 13.7. The number of amidine groups is 2. The highest BCUT2D eigenvalue weighted by atomic mass is 19.1. The van der Waals surface area contributed by atoms with Crippen molar-refractivity contribution in [1.29, 1.82) is 0 Å². The predicted molar refractivity (Wildman–Crippen MR) is 158 cm³/mol. The van der Waals surface area contributed by atoms with Crippen molar-refractivity contribution in [2.75, 3.05) is 32.8 Å². The molecule has 42 heavy (non-hydrogen) atoms. The number of ether oxygens (including phenoxy) is 1. The van der Waals surface area contributed by atoms with Gasteiger partial charge in [0.2, 0.25) is 0 Å². The molecule has 4 saturated heterocycles. The van der Waals surface area contributed by atoms with Gasteiger partial charge in [0.05, 0.1) is 29.3 Å². The number of hydrogen-bond donors (Lipinski definition) is 0. The van der Waals surface area contributed by atoms with E-state index >= 15 is 0 Å². The van der Waals surface area contributed by atoms with Gasteiger partial charge in [-0.15, -0.1) is 0 Å². The number of carbonyl (C=O) groups excluding carboxylic acids is 1. The van der Waals surface area contributed by atoms with Gasteiger partial charge in [0.1, 0.15) is 12.4 Å². The number of halogens is 1. The number of fused-ring (bicyclic) bond motifs is 6. The topological polar surface area (TPSA) is 73.1 Å². The van der Waals surface area contributed by atoms with Gasteiger partial charge >= 0.3 is 6.02 Å². The molecule has 0 spiro atoms. The van der Waals surface area contributed by atoms with Crippen molar-refractivity contribution >= 4 is 23.5 Å². The molecule has 6 atom stereocenters. The third kappa shape index (κ3) is 3.68. The first-order valence-electron chi connectivity index (χ1n) is 15.8. The van der Waals surface area contributed by atoms with E-state index in [0.29, 0.717) is 31.6 Å². The summed E-state index contributed by atoms with van der Waals surface area (Å²) in [5.41, 5.74) is 5.32. The molecule has 0 N–H and O–H groups in total. The second-order valence-corrected chi connectivity index (χ2v) is 13.6. The van der Waals surface area contributed by atoms with Gasteiger partial charge in [-0.05, 0) is 87.1 Å². The van der Waals surface area contributed by atoms with Crippen LogP contribution in [-0.2, 0) is 16.0 Å². The summed E-state index contributed by atoms with van der Waals surface area (Å²) in [7, 11) is 0. The number of rotatable bonds is 4. The summed E-state index contributed by atoms with van der Waals surface area (Å²) >= 11 is 0. The monoisotopic (exact) mass is 568 g/mol. The molecule has 1 saturated carbocycles. The fourth-order valence-electron chi connectivity index (χ4n) is 9.20. The zero-order valence-electron chi connectivity index (χ0n) is 23.9. The van der Waals surface area contributed by atoms with Gasteiger partial charge in [0, 0.05) is 18.7 Å². The molecule has 0 aromatic heterocycles. The van der Waals surface area contributed by atoms with E-state index in [9.17, 15) is 9.18 Å². The fourth-order valence-corrected chi connectivity index (χ4v) is 9.20. The van der Waals surface area contributed by atoms with Crippen molar-refractivity contribution in [3.8, 4) is 0 Å². The Hall–Kier alpha value is -3.33. The van der Waals surface area contributed by atoms with E-state index in [1.807, 2.05) is 0 Å². The lowest BCUT2D eigenvalue weighted by Crippen LogP contribution is -2.66.